The molecule has 6 heteroatoms. The zero-order chi connectivity index (χ0) is 20.4. The maximum Gasteiger partial charge on any atom is 0.325 e. The number of nitrogens with one attached hydrogen (secondary N) is 2. The molecule has 6 nitrogen and oxygen atoms in total. The highest BCUT2D eigenvalue weighted by Gasteiger charge is 2.54. The summed E-state index contributed by atoms with van der Waals surface area (Å²) in [4.78, 5) is 39.7. The fourth-order valence-electron chi connectivity index (χ4n) is 4.34. The number of hydrogen-bond donors (Lipinski definition) is 2. The monoisotopic (exact) mass is 391 g/mol. The third kappa shape index (κ3) is 3.50. The standard InChI is InChI=1S/C23H25N3O3/c1-16(26-21(28)23(25-22(26)29)14-8-9-15-23)20(27)24-19(17-10-4-2-5-11-17)18-12-6-3-7-13-18/h2-7,10-13,16,19H,8-9,14-15H2,1H3,(H,24,27)(H,25,29). The lowest BCUT2D eigenvalue weighted by molar-refractivity contribution is -0.138. The molecule has 0 bridgehead atoms. The summed E-state index contributed by atoms with van der Waals surface area (Å²) in [7, 11) is 0. The number of carbonyl (C=O) groups is 3. The van der Waals surface area contributed by atoms with E-state index in [0.29, 0.717) is 12.8 Å². The van der Waals surface area contributed by atoms with Gasteiger partial charge < -0.3 is 10.6 Å². The van der Waals surface area contributed by atoms with Crippen molar-refractivity contribution in [3.8, 4) is 0 Å². The summed E-state index contributed by atoms with van der Waals surface area (Å²) in [5.74, 6) is -0.639. The van der Waals surface area contributed by atoms with Gasteiger partial charge in [0.25, 0.3) is 5.91 Å². The molecule has 0 radical (unpaired) electrons. The Morgan fingerprint density at radius 3 is 2.00 bits per heavy atom. The molecule has 2 aromatic rings. The molecule has 1 aliphatic heterocycles. The SMILES string of the molecule is CC(C(=O)NC(c1ccccc1)c1ccccc1)N1C(=O)NC2(CCCC2)C1=O. The van der Waals surface area contributed by atoms with Crippen LogP contribution in [0.25, 0.3) is 0 Å². The first kappa shape index (κ1) is 19.2. The van der Waals surface area contributed by atoms with Gasteiger partial charge in [-0.25, -0.2) is 9.69 Å². The first-order chi connectivity index (χ1) is 14.0. The maximum atomic E-state index is 13.1. The molecule has 2 aromatic carbocycles. The van der Waals surface area contributed by atoms with E-state index in [1.54, 1.807) is 6.92 Å². The fourth-order valence-corrected chi connectivity index (χ4v) is 4.34. The Hall–Kier alpha value is -3.15. The van der Waals surface area contributed by atoms with Gasteiger partial charge in [-0.3, -0.25) is 9.59 Å². The first-order valence-corrected chi connectivity index (χ1v) is 10.1. The van der Waals surface area contributed by atoms with Gasteiger partial charge in [0, 0.05) is 0 Å². The smallest absolute Gasteiger partial charge is 0.325 e. The molecule has 2 fully saturated rings. The van der Waals surface area contributed by atoms with Crippen LogP contribution in [0.2, 0.25) is 0 Å². The average Bonchev–Trinajstić information content (AvgIpc) is 3.31. The van der Waals surface area contributed by atoms with Crippen LogP contribution in [0.3, 0.4) is 0 Å². The highest BCUT2D eigenvalue weighted by atomic mass is 16.2. The highest BCUT2D eigenvalue weighted by molar-refractivity contribution is 6.10. The van der Waals surface area contributed by atoms with Crippen molar-refractivity contribution >= 4 is 17.8 Å². The largest absolute Gasteiger partial charge is 0.343 e. The molecule has 1 aliphatic carbocycles. The molecule has 4 rings (SSSR count). The van der Waals surface area contributed by atoms with E-state index in [-0.39, 0.29) is 17.9 Å². The average molecular weight is 391 g/mol. The van der Waals surface area contributed by atoms with Crippen LogP contribution in [0.4, 0.5) is 4.79 Å². The van der Waals surface area contributed by atoms with E-state index in [4.69, 9.17) is 0 Å². The van der Waals surface area contributed by atoms with Gasteiger partial charge >= 0.3 is 6.03 Å². The van der Waals surface area contributed by atoms with E-state index < -0.39 is 17.6 Å². The third-order valence-electron chi connectivity index (χ3n) is 5.97. The molecule has 1 unspecified atom stereocenters. The Balaban J connectivity index is 1.56. The van der Waals surface area contributed by atoms with E-state index in [0.717, 1.165) is 28.9 Å². The molecule has 2 N–H and O–H groups in total. The molecule has 2 aliphatic rings. The second-order valence-corrected chi connectivity index (χ2v) is 7.83. The van der Waals surface area contributed by atoms with E-state index >= 15 is 0 Å². The third-order valence-corrected chi connectivity index (χ3v) is 5.97. The van der Waals surface area contributed by atoms with E-state index in [9.17, 15) is 14.4 Å². The molecule has 1 spiro atoms. The topological polar surface area (TPSA) is 78.5 Å². The van der Waals surface area contributed by atoms with Crippen molar-refractivity contribution in [1.29, 1.82) is 0 Å². The minimum absolute atomic E-state index is 0.279. The molecule has 1 saturated heterocycles. The summed E-state index contributed by atoms with van der Waals surface area (Å²) >= 11 is 0. The van der Waals surface area contributed by atoms with Crippen LogP contribution < -0.4 is 10.6 Å². The Bertz CT molecular complexity index is 868. The lowest BCUT2D eigenvalue weighted by Crippen LogP contribution is -2.50. The summed E-state index contributed by atoms with van der Waals surface area (Å²) in [6.45, 7) is 1.60. The van der Waals surface area contributed by atoms with E-state index in [1.807, 2.05) is 60.7 Å². The minimum atomic E-state index is -0.891. The van der Waals surface area contributed by atoms with Gasteiger partial charge in [-0.15, -0.1) is 0 Å². The number of benzene rings is 2. The van der Waals surface area contributed by atoms with Gasteiger partial charge in [0.15, 0.2) is 0 Å². The second kappa shape index (κ2) is 7.70. The highest BCUT2D eigenvalue weighted by Crippen LogP contribution is 2.36. The molecular weight excluding hydrogens is 366 g/mol. The Morgan fingerprint density at radius 2 is 1.48 bits per heavy atom. The quantitative estimate of drug-likeness (QED) is 0.769. The Morgan fingerprint density at radius 1 is 0.966 bits per heavy atom. The molecule has 1 atom stereocenters. The van der Waals surface area contributed by atoms with Crippen molar-refractivity contribution in [3.05, 3.63) is 71.8 Å². The molecule has 150 valence electrons. The number of rotatable bonds is 5. The summed E-state index contributed by atoms with van der Waals surface area (Å²) in [5, 5.41) is 5.87. The van der Waals surface area contributed by atoms with Crippen LogP contribution in [0.15, 0.2) is 60.7 Å². The van der Waals surface area contributed by atoms with E-state index in [2.05, 4.69) is 10.6 Å². The van der Waals surface area contributed by atoms with Crippen molar-refractivity contribution in [2.45, 2.75) is 50.2 Å². The molecule has 29 heavy (non-hydrogen) atoms. The van der Waals surface area contributed by atoms with E-state index in [1.165, 1.54) is 0 Å². The van der Waals surface area contributed by atoms with Crippen LogP contribution in [-0.2, 0) is 9.59 Å². The lowest BCUT2D eigenvalue weighted by atomic mass is 9.97. The molecule has 0 aromatic heterocycles. The maximum absolute atomic E-state index is 13.1. The number of urea groups is 1. The zero-order valence-corrected chi connectivity index (χ0v) is 16.4. The summed E-state index contributed by atoms with van der Waals surface area (Å²) in [6.07, 6.45) is 3.09. The normalized spacial score (nSPS) is 18.9. The van der Waals surface area contributed by atoms with Gasteiger partial charge in [-0.2, -0.15) is 0 Å². The van der Waals surface area contributed by atoms with Crippen LogP contribution in [0.5, 0.6) is 0 Å². The molecule has 4 amide bonds. The number of amides is 4. The van der Waals surface area contributed by atoms with Gasteiger partial charge in [-0.05, 0) is 30.9 Å². The Labute approximate surface area is 170 Å². The molecule has 1 saturated carbocycles. The van der Waals surface area contributed by atoms with Crippen molar-refractivity contribution < 1.29 is 14.4 Å². The number of imide groups is 1. The summed E-state index contributed by atoms with van der Waals surface area (Å²) in [5.41, 5.74) is 1.05. The van der Waals surface area contributed by atoms with Crippen LogP contribution in [-0.4, -0.2) is 34.3 Å². The molecule has 1 heterocycles. The molecular formula is C23H25N3O3. The van der Waals surface area contributed by atoms with Crippen LogP contribution in [0, 0.1) is 0 Å². The van der Waals surface area contributed by atoms with Crippen molar-refractivity contribution in [2.75, 3.05) is 0 Å². The lowest BCUT2D eigenvalue weighted by Gasteiger charge is -2.26. The van der Waals surface area contributed by atoms with Crippen molar-refractivity contribution in [3.63, 3.8) is 0 Å². The number of hydrogen-bond acceptors (Lipinski definition) is 3. The van der Waals surface area contributed by atoms with Gasteiger partial charge in [0.2, 0.25) is 5.91 Å². The zero-order valence-electron chi connectivity index (χ0n) is 16.4. The van der Waals surface area contributed by atoms with Crippen molar-refractivity contribution in [2.24, 2.45) is 0 Å². The summed E-state index contributed by atoms with van der Waals surface area (Å²) in [6, 6.07) is 17.6. The first-order valence-electron chi connectivity index (χ1n) is 10.1. The minimum Gasteiger partial charge on any atom is -0.343 e. The van der Waals surface area contributed by atoms with Crippen LogP contribution in [0.1, 0.15) is 49.8 Å². The fraction of sp³-hybridized carbons (Fsp3) is 0.348. The van der Waals surface area contributed by atoms with Gasteiger partial charge in [-0.1, -0.05) is 73.5 Å². The van der Waals surface area contributed by atoms with Crippen molar-refractivity contribution in [1.82, 2.24) is 15.5 Å². The predicted molar refractivity (Wildman–Crippen MR) is 109 cm³/mol. The van der Waals surface area contributed by atoms with Gasteiger partial charge in [0.05, 0.1) is 6.04 Å². The second-order valence-electron chi connectivity index (χ2n) is 7.83. The van der Waals surface area contributed by atoms with Gasteiger partial charge in [0.1, 0.15) is 11.6 Å². The van der Waals surface area contributed by atoms with Crippen LogP contribution >= 0.6 is 0 Å². The number of nitrogens with zero attached hydrogens (tertiary/aromatic N) is 1. The number of carbonyl (C=O) groups excluding carboxylic acids is 3. The summed E-state index contributed by atoms with van der Waals surface area (Å²) < 4.78 is 0. The Kier molecular flexibility index (Phi) is 5.09. The predicted octanol–water partition coefficient (Wildman–Crippen LogP) is 3.15.